The average Bonchev–Trinajstić information content (AvgIpc) is 3.19. The van der Waals surface area contributed by atoms with Gasteiger partial charge in [0.05, 0.1) is 25.3 Å². The Kier molecular flexibility index (Phi) is 7.28. The summed E-state index contributed by atoms with van der Waals surface area (Å²) in [6, 6.07) is 10.7. The van der Waals surface area contributed by atoms with Gasteiger partial charge >= 0.3 is 0 Å². The number of hydrogen-bond acceptors (Lipinski definition) is 5. The summed E-state index contributed by atoms with van der Waals surface area (Å²) in [6.45, 7) is 3.13. The van der Waals surface area contributed by atoms with Crippen molar-refractivity contribution in [2.24, 2.45) is 5.92 Å². The van der Waals surface area contributed by atoms with Crippen LogP contribution in [0, 0.1) is 5.92 Å². The molecule has 1 aromatic heterocycles. The van der Waals surface area contributed by atoms with Gasteiger partial charge in [-0.2, -0.15) is 0 Å². The fourth-order valence-corrected chi connectivity index (χ4v) is 4.01. The molecule has 0 amide bonds. The van der Waals surface area contributed by atoms with E-state index in [2.05, 4.69) is 9.88 Å². The van der Waals surface area contributed by atoms with Crippen molar-refractivity contribution in [3.63, 3.8) is 0 Å². The number of alkyl halides is 4. The van der Waals surface area contributed by atoms with Gasteiger partial charge in [-0.25, -0.2) is 22.5 Å². The van der Waals surface area contributed by atoms with E-state index >= 15 is 0 Å². The van der Waals surface area contributed by atoms with Gasteiger partial charge in [0.15, 0.2) is 0 Å². The van der Waals surface area contributed by atoms with Gasteiger partial charge in [0.1, 0.15) is 29.2 Å². The molecule has 5 nitrogen and oxygen atoms in total. The van der Waals surface area contributed by atoms with E-state index in [9.17, 15) is 22.4 Å². The van der Waals surface area contributed by atoms with E-state index in [0.717, 1.165) is 24.3 Å². The Balaban J connectivity index is 1.24. The molecule has 0 radical (unpaired) electrons. The van der Waals surface area contributed by atoms with Crippen molar-refractivity contribution in [1.29, 1.82) is 0 Å². The van der Waals surface area contributed by atoms with E-state index in [4.69, 9.17) is 9.47 Å². The number of hydrogen-bond donors (Lipinski definition) is 0. The van der Waals surface area contributed by atoms with Gasteiger partial charge in [-0.1, -0.05) is 19.1 Å². The molecular weight excluding hydrogens is 452 g/mol. The number of ketones is 1. The lowest BCUT2D eigenvalue weighted by Crippen LogP contribution is -2.25. The van der Waals surface area contributed by atoms with Gasteiger partial charge in [0.2, 0.25) is 6.43 Å². The zero-order chi connectivity index (χ0) is 24.3. The molecule has 1 aromatic carbocycles. The topological polar surface area (TPSA) is 51.7 Å². The minimum absolute atomic E-state index is 0.00487. The number of halogens is 4. The average molecular weight is 481 g/mol. The lowest BCUT2D eigenvalue weighted by molar-refractivity contribution is -0.120. The molecule has 0 N–H and O–H groups in total. The maximum atomic E-state index is 12.9. The Morgan fingerprint density at radius 3 is 2.50 bits per heavy atom. The second kappa shape index (κ2) is 10.2. The van der Waals surface area contributed by atoms with Crippen molar-refractivity contribution >= 4 is 11.6 Å². The molecule has 1 saturated carbocycles. The van der Waals surface area contributed by atoms with E-state index in [1.54, 1.807) is 43.5 Å². The van der Waals surface area contributed by atoms with E-state index in [0.29, 0.717) is 18.0 Å². The Labute approximate surface area is 196 Å². The standard InChI is InChI=1S/C25H28F4N2O3/c1-16(22(32)7-8-23(26)27)17-2-4-19(5-3-17)34-21-10-11-31(14-21)24-9-6-20(13-30-24)33-15-18-12-25(18,28)29/h2-6,9,13,16,18,21,23H,7-8,10-12,14-15H2,1H3/t16?,18?,21-/m1/s1. The normalized spacial score (nSPS) is 22.0. The molecule has 9 heteroatoms. The number of pyridine rings is 1. The summed E-state index contributed by atoms with van der Waals surface area (Å²) in [7, 11) is 0. The Bertz CT molecular complexity index is 969. The summed E-state index contributed by atoms with van der Waals surface area (Å²) in [5.41, 5.74) is 0.775. The Hall–Kier alpha value is -2.84. The van der Waals surface area contributed by atoms with Gasteiger partial charge in [-0.15, -0.1) is 0 Å². The number of benzene rings is 1. The van der Waals surface area contributed by atoms with Crippen LogP contribution in [0.1, 0.15) is 44.1 Å². The van der Waals surface area contributed by atoms with Crippen LogP contribution in [0.4, 0.5) is 23.4 Å². The second-order valence-corrected chi connectivity index (χ2v) is 8.99. The molecular formula is C25H28F4N2O3. The number of carbonyl (C=O) groups is 1. The number of anilines is 1. The number of carbonyl (C=O) groups excluding carboxylic acids is 1. The van der Waals surface area contributed by atoms with Gasteiger partial charge in [-0.3, -0.25) is 4.79 Å². The highest BCUT2D eigenvalue weighted by molar-refractivity contribution is 5.85. The monoisotopic (exact) mass is 480 g/mol. The predicted molar refractivity (Wildman–Crippen MR) is 119 cm³/mol. The number of ether oxygens (including phenoxy) is 2. The molecule has 0 bridgehead atoms. The minimum atomic E-state index is -2.59. The third-order valence-corrected chi connectivity index (χ3v) is 6.37. The largest absolute Gasteiger partial charge is 0.491 e. The first-order valence-electron chi connectivity index (χ1n) is 11.5. The van der Waals surface area contributed by atoms with E-state index in [1.165, 1.54) is 0 Å². The van der Waals surface area contributed by atoms with Gasteiger partial charge < -0.3 is 14.4 Å². The van der Waals surface area contributed by atoms with E-state index in [1.807, 2.05) is 6.07 Å². The van der Waals surface area contributed by atoms with Crippen LogP contribution in [0.25, 0.3) is 0 Å². The van der Waals surface area contributed by atoms with Crippen LogP contribution < -0.4 is 14.4 Å². The first-order chi connectivity index (χ1) is 16.2. The number of Topliss-reactive ketones (excluding diaryl/α,β-unsaturated/α-hetero) is 1. The molecule has 2 fully saturated rings. The van der Waals surface area contributed by atoms with E-state index < -0.39 is 30.6 Å². The van der Waals surface area contributed by atoms with Crippen LogP contribution >= 0.6 is 0 Å². The van der Waals surface area contributed by atoms with Crippen LogP contribution in [0.3, 0.4) is 0 Å². The van der Waals surface area contributed by atoms with Crippen LogP contribution in [0.2, 0.25) is 0 Å². The summed E-state index contributed by atoms with van der Waals surface area (Å²) in [5, 5.41) is 0. The lowest BCUT2D eigenvalue weighted by atomic mass is 9.94. The number of aromatic nitrogens is 1. The fourth-order valence-electron chi connectivity index (χ4n) is 4.01. The first kappa shape index (κ1) is 24.3. The summed E-state index contributed by atoms with van der Waals surface area (Å²) in [4.78, 5) is 18.6. The Morgan fingerprint density at radius 2 is 1.88 bits per heavy atom. The summed E-state index contributed by atoms with van der Waals surface area (Å²) in [6.07, 6.45) is -0.810. The summed E-state index contributed by atoms with van der Waals surface area (Å²) < 4.78 is 62.1. The molecule has 34 heavy (non-hydrogen) atoms. The Morgan fingerprint density at radius 1 is 1.18 bits per heavy atom. The van der Waals surface area contributed by atoms with Crippen molar-refractivity contribution in [3.8, 4) is 11.5 Å². The third kappa shape index (κ3) is 6.18. The molecule has 184 valence electrons. The molecule has 2 aliphatic rings. The zero-order valence-electron chi connectivity index (χ0n) is 18.9. The van der Waals surface area contributed by atoms with Gasteiger partial charge in [0, 0.05) is 38.1 Å². The SMILES string of the molecule is CC(C(=O)CCC(F)F)c1ccc(O[C@@H]2CCN(c3ccc(OCC4CC4(F)F)cn3)C2)cc1. The van der Waals surface area contributed by atoms with Crippen molar-refractivity contribution in [3.05, 3.63) is 48.2 Å². The minimum Gasteiger partial charge on any atom is -0.491 e. The highest BCUT2D eigenvalue weighted by atomic mass is 19.3. The van der Waals surface area contributed by atoms with Gasteiger partial charge in [0.25, 0.3) is 5.92 Å². The van der Waals surface area contributed by atoms with Crippen molar-refractivity contribution < 1.29 is 31.8 Å². The van der Waals surface area contributed by atoms with Crippen molar-refractivity contribution in [1.82, 2.24) is 4.98 Å². The maximum Gasteiger partial charge on any atom is 0.255 e. The fraction of sp³-hybridized carbons (Fsp3) is 0.520. The van der Waals surface area contributed by atoms with Crippen LogP contribution in [0.5, 0.6) is 11.5 Å². The maximum absolute atomic E-state index is 12.9. The number of nitrogens with zero attached hydrogens (tertiary/aromatic N) is 2. The molecule has 1 aliphatic carbocycles. The molecule has 1 aliphatic heterocycles. The van der Waals surface area contributed by atoms with Crippen LogP contribution in [-0.2, 0) is 4.79 Å². The predicted octanol–water partition coefficient (Wildman–Crippen LogP) is 5.49. The lowest BCUT2D eigenvalue weighted by Gasteiger charge is -2.19. The number of rotatable bonds is 11. The van der Waals surface area contributed by atoms with Crippen LogP contribution in [0.15, 0.2) is 42.6 Å². The zero-order valence-corrected chi connectivity index (χ0v) is 18.9. The molecule has 2 aromatic rings. The highest BCUT2D eigenvalue weighted by Gasteiger charge is 2.57. The molecule has 2 unspecified atom stereocenters. The second-order valence-electron chi connectivity index (χ2n) is 8.99. The van der Waals surface area contributed by atoms with Gasteiger partial charge in [-0.05, 0) is 29.8 Å². The summed E-state index contributed by atoms with van der Waals surface area (Å²) in [5.74, 6) is -2.02. The molecule has 1 saturated heterocycles. The molecule has 2 heterocycles. The quantitative estimate of drug-likeness (QED) is 0.398. The highest BCUT2D eigenvalue weighted by Crippen LogP contribution is 2.48. The first-order valence-corrected chi connectivity index (χ1v) is 11.5. The van der Waals surface area contributed by atoms with Crippen LogP contribution in [-0.4, -0.2) is 48.9 Å². The molecule has 3 atom stereocenters. The molecule has 0 spiro atoms. The summed E-state index contributed by atoms with van der Waals surface area (Å²) >= 11 is 0. The van der Waals surface area contributed by atoms with E-state index in [-0.39, 0.29) is 31.3 Å². The van der Waals surface area contributed by atoms with Crippen molar-refractivity contribution in [2.45, 2.75) is 57.0 Å². The molecule has 4 rings (SSSR count). The van der Waals surface area contributed by atoms with Crippen molar-refractivity contribution in [2.75, 3.05) is 24.6 Å². The smallest absolute Gasteiger partial charge is 0.255 e. The third-order valence-electron chi connectivity index (χ3n) is 6.37.